The Hall–Kier alpha value is -2.78. The maximum Gasteiger partial charge on any atom is 0.420 e. The zero-order valence-corrected chi connectivity index (χ0v) is 10.8. The SMILES string of the molecule is COc1ccc(N=Nc2c(N)n[nH]c2N)cc1C(F)(F)F. The Kier molecular flexibility index (Phi) is 3.70. The number of nitrogens with zero attached hydrogens (tertiary/aromatic N) is 3. The molecule has 1 aromatic carbocycles. The summed E-state index contributed by atoms with van der Waals surface area (Å²) < 4.78 is 43.2. The molecule has 0 bridgehead atoms. The largest absolute Gasteiger partial charge is 0.496 e. The van der Waals surface area contributed by atoms with Crippen LogP contribution in [0.2, 0.25) is 0 Å². The fourth-order valence-electron chi connectivity index (χ4n) is 1.56. The first-order valence-corrected chi connectivity index (χ1v) is 5.59. The van der Waals surface area contributed by atoms with Crippen LogP contribution in [-0.4, -0.2) is 17.3 Å². The minimum absolute atomic E-state index is 0.000747. The highest BCUT2D eigenvalue weighted by Gasteiger charge is 2.34. The molecule has 1 aromatic heterocycles. The van der Waals surface area contributed by atoms with E-state index in [0.717, 1.165) is 19.2 Å². The number of hydrogen-bond acceptors (Lipinski definition) is 6. The van der Waals surface area contributed by atoms with Gasteiger partial charge in [-0.1, -0.05) is 0 Å². The van der Waals surface area contributed by atoms with Crippen molar-refractivity contribution in [1.29, 1.82) is 0 Å². The lowest BCUT2D eigenvalue weighted by Gasteiger charge is -2.11. The van der Waals surface area contributed by atoms with E-state index in [-0.39, 0.29) is 28.8 Å². The van der Waals surface area contributed by atoms with Gasteiger partial charge in [0.05, 0.1) is 18.4 Å². The van der Waals surface area contributed by atoms with Crippen LogP contribution in [0.15, 0.2) is 28.4 Å². The van der Waals surface area contributed by atoms with Crippen LogP contribution in [0, 0.1) is 0 Å². The highest BCUT2D eigenvalue weighted by Crippen LogP contribution is 2.38. The molecule has 10 heteroatoms. The van der Waals surface area contributed by atoms with Gasteiger partial charge in [-0.15, -0.1) is 5.11 Å². The maximum atomic E-state index is 12.8. The van der Waals surface area contributed by atoms with Gasteiger partial charge >= 0.3 is 6.18 Å². The van der Waals surface area contributed by atoms with E-state index >= 15 is 0 Å². The van der Waals surface area contributed by atoms with Crippen LogP contribution in [0.1, 0.15) is 5.56 Å². The molecule has 0 aliphatic carbocycles. The second-order valence-electron chi connectivity index (χ2n) is 3.95. The average Bonchev–Trinajstić information content (AvgIpc) is 2.74. The molecule has 0 unspecified atom stereocenters. The number of nitrogens with two attached hydrogens (primary N) is 2. The lowest BCUT2D eigenvalue weighted by atomic mass is 10.1. The van der Waals surface area contributed by atoms with Crippen molar-refractivity contribution in [3.63, 3.8) is 0 Å². The number of benzene rings is 1. The monoisotopic (exact) mass is 300 g/mol. The predicted octanol–water partition coefficient (Wildman–Crippen LogP) is 3.02. The van der Waals surface area contributed by atoms with Crippen molar-refractivity contribution in [2.24, 2.45) is 10.2 Å². The summed E-state index contributed by atoms with van der Waals surface area (Å²) in [5.41, 5.74) is 10.1. The molecule has 0 fully saturated rings. The standard InChI is InChI=1S/C11H11F3N6O/c1-21-7-3-2-5(4-6(7)11(12,13)14)17-18-8-9(15)19-20-10(8)16/h2-4H,1H3,(H5,15,16,19,20). The van der Waals surface area contributed by atoms with Gasteiger partial charge in [0.2, 0.25) is 0 Å². The number of aromatic nitrogens is 2. The van der Waals surface area contributed by atoms with Gasteiger partial charge in [-0.05, 0) is 18.2 Å². The average molecular weight is 300 g/mol. The number of aromatic amines is 1. The smallest absolute Gasteiger partial charge is 0.420 e. The van der Waals surface area contributed by atoms with E-state index in [1.807, 2.05) is 0 Å². The summed E-state index contributed by atoms with van der Waals surface area (Å²) in [6, 6.07) is 3.29. The topological polar surface area (TPSA) is 115 Å². The van der Waals surface area contributed by atoms with Gasteiger partial charge in [-0.25, -0.2) is 0 Å². The number of methoxy groups -OCH3 is 1. The number of halogens is 3. The minimum atomic E-state index is -4.56. The second kappa shape index (κ2) is 5.31. The van der Waals surface area contributed by atoms with Crippen LogP contribution in [0.25, 0.3) is 0 Å². The highest BCUT2D eigenvalue weighted by molar-refractivity contribution is 5.70. The summed E-state index contributed by atoms with van der Waals surface area (Å²) in [6.45, 7) is 0. The zero-order chi connectivity index (χ0) is 15.6. The third-order valence-corrected chi connectivity index (χ3v) is 2.55. The molecule has 112 valence electrons. The Morgan fingerprint density at radius 1 is 1.24 bits per heavy atom. The molecular weight excluding hydrogens is 289 g/mol. The number of alkyl halides is 3. The van der Waals surface area contributed by atoms with Crippen molar-refractivity contribution in [2.75, 3.05) is 18.6 Å². The molecule has 0 aliphatic heterocycles. The van der Waals surface area contributed by atoms with Crippen LogP contribution in [0.5, 0.6) is 5.75 Å². The van der Waals surface area contributed by atoms with E-state index < -0.39 is 11.7 Å². The number of nitrogens with one attached hydrogen (secondary N) is 1. The first-order chi connectivity index (χ1) is 9.82. The Morgan fingerprint density at radius 2 is 1.95 bits per heavy atom. The molecule has 0 spiro atoms. The third kappa shape index (κ3) is 3.04. The lowest BCUT2D eigenvalue weighted by molar-refractivity contribution is -0.138. The first-order valence-electron chi connectivity index (χ1n) is 5.59. The summed E-state index contributed by atoms with van der Waals surface area (Å²) in [5, 5.41) is 13.3. The Labute approximate surface area is 116 Å². The Morgan fingerprint density at radius 3 is 2.48 bits per heavy atom. The maximum absolute atomic E-state index is 12.8. The van der Waals surface area contributed by atoms with Crippen molar-refractivity contribution in [2.45, 2.75) is 6.18 Å². The van der Waals surface area contributed by atoms with Crippen molar-refractivity contribution in [1.82, 2.24) is 10.2 Å². The van der Waals surface area contributed by atoms with Crippen molar-refractivity contribution >= 4 is 23.0 Å². The van der Waals surface area contributed by atoms with Crippen LogP contribution >= 0.6 is 0 Å². The van der Waals surface area contributed by atoms with Gasteiger partial charge < -0.3 is 16.2 Å². The first kappa shape index (κ1) is 14.6. The van der Waals surface area contributed by atoms with Crippen LogP contribution < -0.4 is 16.2 Å². The van der Waals surface area contributed by atoms with Crippen LogP contribution in [0.3, 0.4) is 0 Å². The van der Waals surface area contributed by atoms with Crippen LogP contribution in [-0.2, 0) is 6.18 Å². The predicted molar refractivity (Wildman–Crippen MR) is 69.6 cm³/mol. The fraction of sp³-hybridized carbons (Fsp3) is 0.182. The van der Waals surface area contributed by atoms with E-state index in [1.165, 1.54) is 6.07 Å². The normalized spacial score (nSPS) is 12.0. The number of rotatable bonds is 3. The van der Waals surface area contributed by atoms with E-state index in [4.69, 9.17) is 11.5 Å². The third-order valence-electron chi connectivity index (χ3n) is 2.55. The molecule has 0 amide bonds. The molecule has 0 aliphatic rings. The number of anilines is 2. The molecule has 5 N–H and O–H groups in total. The molecule has 0 saturated heterocycles. The molecule has 2 rings (SSSR count). The molecule has 21 heavy (non-hydrogen) atoms. The lowest BCUT2D eigenvalue weighted by Crippen LogP contribution is -2.07. The van der Waals surface area contributed by atoms with E-state index in [0.29, 0.717) is 0 Å². The number of hydrogen-bond donors (Lipinski definition) is 3. The van der Waals surface area contributed by atoms with Gasteiger partial charge in [0.1, 0.15) is 11.6 Å². The van der Waals surface area contributed by atoms with Gasteiger partial charge in [0, 0.05) is 0 Å². The zero-order valence-electron chi connectivity index (χ0n) is 10.8. The van der Waals surface area contributed by atoms with Crippen LogP contribution in [0.4, 0.5) is 36.2 Å². The number of nitrogen functional groups attached to an aromatic ring is 2. The number of H-pyrrole nitrogens is 1. The summed E-state index contributed by atoms with van der Waals surface area (Å²) in [5.74, 6) is -0.231. The minimum Gasteiger partial charge on any atom is -0.496 e. The Balaban J connectivity index is 2.38. The summed E-state index contributed by atoms with van der Waals surface area (Å²) >= 11 is 0. The highest BCUT2D eigenvalue weighted by atomic mass is 19.4. The molecule has 2 aromatic rings. The van der Waals surface area contributed by atoms with E-state index in [1.54, 1.807) is 0 Å². The fourth-order valence-corrected chi connectivity index (χ4v) is 1.56. The molecule has 7 nitrogen and oxygen atoms in total. The summed E-state index contributed by atoms with van der Waals surface area (Å²) in [6.07, 6.45) is -4.56. The van der Waals surface area contributed by atoms with Crippen molar-refractivity contribution < 1.29 is 17.9 Å². The quantitative estimate of drug-likeness (QED) is 0.755. The molecule has 0 saturated carbocycles. The summed E-state index contributed by atoms with van der Waals surface area (Å²) in [4.78, 5) is 0. The van der Waals surface area contributed by atoms with Gasteiger partial charge in [0.25, 0.3) is 0 Å². The van der Waals surface area contributed by atoms with Gasteiger partial charge in [0.15, 0.2) is 11.5 Å². The van der Waals surface area contributed by atoms with E-state index in [2.05, 4.69) is 25.2 Å². The van der Waals surface area contributed by atoms with Gasteiger partial charge in [-0.3, -0.25) is 5.10 Å². The van der Waals surface area contributed by atoms with Crippen molar-refractivity contribution in [3.05, 3.63) is 23.8 Å². The van der Waals surface area contributed by atoms with E-state index in [9.17, 15) is 13.2 Å². The Bertz CT molecular complexity index is 660. The second-order valence-corrected chi connectivity index (χ2v) is 3.95. The molecular formula is C11H11F3N6O. The van der Waals surface area contributed by atoms with Crippen molar-refractivity contribution in [3.8, 4) is 5.75 Å². The van der Waals surface area contributed by atoms with Gasteiger partial charge in [-0.2, -0.15) is 23.4 Å². The summed E-state index contributed by atoms with van der Waals surface area (Å²) in [7, 11) is 1.15. The molecule has 0 radical (unpaired) electrons. The molecule has 1 heterocycles. The molecule has 0 atom stereocenters. The number of azo groups is 1. The number of ether oxygens (including phenoxy) is 1.